The van der Waals surface area contributed by atoms with Gasteiger partial charge in [0.15, 0.2) is 29.8 Å². The molecule has 0 spiro atoms. The van der Waals surface area contributed by atoms with Gasteiger partial charge in [-0.15, -0.1) is 0 Å². The fraction of sp³-hybridized carbons (Fsp3) is 0.723. The Morgan fingerprint density at radius 3 is 1.01 bits per heavy atom. The summed E-state index contributed by atoms with van der Waals surface area (Å²) in [5.41, 5.74) is 77.2. The van der Waals surface area contributed by atoms with Crippen molar-refractivity contribution in [2.75, 3.05) is 52.4 Å². The van der Waals surface area contributed by atoms with Gasteiger partial charge in [0.2, 0.25) is 70.9 Å². The Morgan fingerprint density at radius 2 is 0.709 bits per heavy atom. The third kappa shape index (κ3) is 36.5. The average Bonchev–Trinajstić information content (AvgIpc) is 1.64. The van der Waals surface area contributed by atoms with Crippen LogP contribution in [0.5, 0.6) is 0 Å². The summed E-state index contributed by atoms with van der Waals surface area (Å²) in [6, 6.07) is -15.8. The second kappa shape index (κ2) is 50.8. The van der Waals surface area contributed by atoms with E-state index in [4.69, 9.17) is 80.3 Å². The normalized spacial score (nSPS) is 16.5. The number of aliphatic carboxylic acids is 1. The van der Waals surface area contributed by atoms with Gasteiger partial charge in [0, 0.05) is 45.7 Å². The third-order valence-corrected chi connectivity index (χ3v) is 18.0. The van der Waals surface area contributed by atoms with E-state index >= 15 is 0 Å². The van der Waals surface area contributed by atoms with Crippen LogP contribution in [0.1, 0.15) is 168 Å². The summed E-state index contributed by atoms with van der Waals surface area (Å²) in [6.07, 6.45) is 0.392. The van der Waals surface area contributed by atoms with Crippen LogP contribution in [-0.4, -0.2) is 252 Å². The molecule has 40 N–H and O–H groups in total. The highest BCUT2D eigenvalue weighted by Gasteiger charge is 2.45. The Bertz CT molecular complexity index is 3190. The fourth-order valence-electron chi connectivity index (χ4n) is 11.9. The molecule has 0 aromatic rings. The molecular formula is C65H122N30O15. The van der Waals surface area contributed by atoms with E-state index < -0.39 is 161 Å². The van der Waals surface area contributed by atoms with Gasteiger partial charge in [0.25, 0.3) is 0 Å². The zero-order valence-corrected chi connectivity index (χ0v) is 63.0. The van der Waals surface area contributed by atoms with Crippen LogP contribution < -0.4 is 133 Å². The van der Waals surface area contributed by atoms with Gasteiger partial charge < -0.3 is 149 Å². The second-order valence-corrected chi connectivity index (χ2v) is 27.1. The van der Waals surface area contributed by atoms with Crippen LogP contribution in [0.3, 0.4) is 0 Å². The van der Waals surface area contributed by atoms with Gasteiger partial charge in [-0.1, -0.05) is 12.8 Å². The van der Waals surface area contributed by atoms with Gasteiger partial charge in [-0.05, 0) is 162 Å². The zero-order chi connectivity index (χ0) is 82.6. The van der Waals surface area contributed by atoms with Crippen molar-refractivity contribution in [1.82, 2.24) is 58.1 Å². The molecule has 45 nitrogen and oxygen atoms in total. The molecule has 0 radical (unpaired) electrons. The van der Waals surface area contributed by atoms with Crippen molar-refractivity contribution < 1.29 is 72.5 Å². The lowest BCUT2D eigenvalue weighted by Crippen LogP contribution is -2.61. The van der Waals surface area contributed by atoms with Crippen molar-refractivity contribution in [2.45, 2.75) is 246 Å². The number of likely N-dealkylation sites (tertiary alicyclic amines) is 1. The molecule has 1 aliphatic carbocycles. The van der Waals surface area contributed by atoms with E-state index in [1.165, 1.54) is 18.7 Å². The number of hydrogen-bond acceptors (Lipinski definition) is 22. The minimum absolute atomic E-state index is 0.0140. The van der Waals surface area contributed by atoms with Gasteiger partial charge >= 0.3 is 5.97 Å². The first-order valence-electron chi connectivity index (χ1n) is 37.0. The summed E-state index contributed by atoms with van der Waals surface area (Å²) in [4.78, 5) is 203. The molecule has 12 atom stereocenters. The summed E-state index contributed by atoms with van der Waals surface area (Å²) < 4.78 is 0. The molecular weight excluding hydrogens is 1440 g/mol. The topological polar surface area (TPSA) is 812 Å². The molecule has 2 rings (SSSR count). The molecule has 1 saturated carbocycles. The Hall–Kier alpha value is -10.7. The van der Waals surface area contributed by atoms with Gasteiger partial charge in [0.1, 0.15) is 72.0 Å². The van der Waals surface area contributed by atoms with E-state index in [1.807, 2.05) is 0 Å². The second-order valence-electron chi connectivity index (χ2n) is 27.1. The lowest BCUT2D eigenvalue weighted by molar-refractivity contribution is -0.148. The SMILES string of the molecule is C[C@H](NC(=O)[C@H](CCCN=C(N)N)NC(=O)[C@H](CCC(N)=O)NC(=O)[C@@H]1CCCN1C(=O)[C@@H](N)[C@@H](C)O)C(=O)N[C@@H](CCCN=C(N)N)C(=O)N[C@@H](CCCN=C(N)N)C(=O)N[C@@H](CCCN=C(N)N)C(=O)N[C@@H](CCCCN)C(=O)N[C@@H](CCCCN)C(=O)N[C@@H](CCCN=C(N)N)C(=O)NC1(C(=O)O)CCCC1. The van der Waals surface area contributed by atoms with Crippen LogP contribution in [0, 0.1) is 0 Å². The molecule has 45 heteroatoms. The number of hydrogen-bond donors (Lipinski definition) is 26. The number of nitrogens with zero attached hydrogens (tertiary/aromatic N) is 6. The molecule has 0 aromatic heterocycles. The lowest BCUT2D eigenvalue weighted by atomic mass is 9.96. The fourth-order valence-corrected chi connectivity index (χ4v) is 11.9. The van der Waals surface area contributed by atoms with E-state index in [0.29, 0.717) is 38.5 Å². The summed E-state index contributed by atoms with van der Waals surface area (Å²) in [6.45, 7) is 2.81. The number of carbonyl (C=O) groups excluding carboxylic acids is 12. The average molecular weight is 1560 g/mol. The first kappa shape index (κ1) is 95.4. The number of rotatable bonds is 54. The number of amides is 12. The predicted octanol–water partition coefficient (Wildman–Crippen LogP) is -10.6. The van der Waals surface area contributed by atoms with Gasteiger partial charge in [-0.25, -0.2) is 4.79 Å². The van der Waals surface area contributed by atoms with Crippen LogP contribution in [0.15, 0.2) is 25.0 Å². The molecule has 1 saturated heterocycles. The van der Waals surface area contributed by atoms with E-state index in [0.717, 1.165) is 0 Å². The maximum Gasteiger partial charge on any atom is 0.329 e. The molecule has 12 amide bonds. The van der Waals surface area contributed by atoms with Crippen LogP contribution >= 0.6 is 0 Å². The minimum Gasteiger partial charge on any atom is -0.480 e. The molecule has 0 aromatic carbocycles. The van der Waals surface area contributed by atoms with E-state index in [9.17, 15) is 72.5 Å². The number of carboxylic acid groups (broad SMARTS) is 1. The van der Waals surface area contributed by atoms with Crippen LogP contribution in [0.25, 0.3) is 0 Å². The number of guanidine groups is 5. The van der Waals surface area contributed by atoms with Crippen LogP contribution in [0.4, 0.5) is 0 Å². The lowest BCUT2D eigenvalue weighted by Gasteiger charge is -2.30. The van der Waals surface area contributed by atoms with Crippen molar-refractivity contribution >= 4 is 107 Å². The maximum atomic E-state index is 14.8. The summed E-state index contributed by atoms with van der Waals surface area (Å²) >= 11 is 0. The van der Waals surface area contributed by atoms with Crippen molar-refractivity contribution in [3.63, 3.8) is 0 Å². The molecule has 0 bridgehead atoms. The van der Waals surface area contributed by atoms with Gasteiger partial charge in [-0.3, -0.25) is 82.5 Å². The van der Waals surface area contributed by atoms with Crippen molar-refractivity contribution in [1.29, 1.82) is 0 Å². The van der Waals surface area contributed by atoms with Crippen molar-refractivity contribution in [3.8, 4) is 0 Å². The quantitative estimate of drug-likeness (QED) is 0.0153. The summed E-state index contributed by atoms with van der Waals surface area (Å²) in [5.74, 6) is -13.4. The highest BCUT2D eigenvalue weighted by Crippen LogP contribution is 2.30. The zero-order valence-electron chi connectivity index (χ0n) is 63.0. The van der Waals surface area contributed by atoms with E-state index in [2.05, 4.69) is 78.1 Å². The molecule has 110 heavy (non-hydrogen) atoms. The molecule has 2 fully saturated rings. The Kier molecular flexibility index (Phi) is 44.1. The number of nitrogens with one attached hydrogen (secondary N) is 10. The summed E-state index contributed by atoms with van der Waals surface area (Å²) in [7, 11) is 0. The Labute approximate surface area is 638 Å². The minimum atomic E-state index is -1.59. The van der Waals surface area contributed by atoms with Crippen LogP contribution in [0.2, 0.25) is 0 Å². The number of aliphatic imine (C=N–C) groups is 5. The predicted molar refractivity (Wildman–Crippen MR) is 408 cm³/mol. The number of carboxylic acids is 1. The Morgan fingerprint density at radius 1 is 0.409 bits per heavy atom. The highest BCUT2D eigenvalue weighted by molar-refractivity contribution is 6.00. The molecule has 2 aliphatic rings. The third-order valence-electron chi connectivity index (χ3n) is 18.0. The Balaban J connectivity index is 2.64. The maximum absolute atomic E-state index is 14.8. The largest absolute Gasteiger partial charge is 0.480 e. The monoisotopic (exact) mass is 1560 g/mol. The van der Waals surface area contributed by atoms with Crippen molar-refractivity contribution in [2.24, 2.45) is 105 Å². The first-order chi connectivity index (χ1) is 52.0. The molecule has 622 valence electrons. The number of nitrogens with two attached hydrogens (primary N) is 14. The molecule has 1 aliphatic heterocycles. The van der Waals surface area contributed by atoms with Gasteiger partial charge in [0.05, 0.1) is 6.10 Å². The number of primary amides is 1. The molecule has 0 unspecified atom stereocenters. The molecule has 1 heterocycles. The van der Waals surface area contributed by atoms with E-state index in [-0.39, 0.29) is 191 Å². The van der Waals surface area contributed by atoms with Crippen molar-refractivity contribution in [3.05, 3.63) is 0 Å². The van der Waals surface area contributed by atoms with Gasteiger partial charge in [-0.2, -0.15) is 0 Å². The number of aliphatic hydroxyl groups is 1. The first-order valence-corrected chi connectivity index (χ1v) is 37.0. The summed E-state index contributed by atoms with van der Waals surface area (Å²) in [5, 5.41) is 46.4. The van der Waals surface area contributed by atoms with E-state index in [1.54, 1.807) is 0 Å². The standard InChI is InChI=1S/C65H122N30O15/c1-35(85-49(99)39(17-9-29-80-60(70)71)89-55(105)44(23-24-46(68)97)93-57(107)45-22-14-34-95(45)58(108)47(69)36(2)96)48(98)86-40(18-10-30-81-61(72)73)52(102)90-42(20-12-32-83-63(76)77)54(104)91-41(19-11-31-82-62(74)75)53(103)88-37(15-3-7-27-66)50(100)87-38(16-4-8-28-67)51(101)92-43(21-13-33-84-64(78)79)56(106)94-65(59(109)110)25-5-6-26-65/h35-45,47,96H,3-34,66-67,69H2,1-2H3,(H2,68,97)(H,85,99)(H,86,98)(H,87,100)(H,88,103)(H,89,105)(H,90,102)(H,91,104)(H,92,101)(H,93,107)(H,94,106)(H,109,110)(H4,70,71,80)(H4,72,73,81)(H4,74,75,82)(H4,76,77,83)(H4,78,79,84)/t35-,36+,37-,38-,39-,40-,41-,42-,43-,44-,45-,47-/m0/s1. The van der Waals surface area contributed by atoms with Crippen LogP contribution in [-0.2, 0) is 62.3 Å². The number of unbranched alkanes of at least 4 members (excludes halogenated alkanes) is 2. The number of aliphatic hydroxyl groups excluding tert-OH is 1. The highest BCUT2D eigenvalue weighted by atomic mass is 16.4. The smallest absolute Gasteiger partial charge is 0.329 e. The number of carbonyl (C=O) groups is 13.